The van der Waals surface area contributed by atoms with Crippen molar-refractivity contribution in [2.45, 2.75) is 13.1 Å². The molecule has 0 radical (unpaired) electrons. The van der Waals surface area contributed by atoms with Crippen LogP contribution in [0, 0.1) is 20.2 Å². The molecule has 10 heteroatoms. The lowest BCUT2D eigenvalue weighted by molar-refractivity contribution is -0.393. The van der Waals surface area contributed by atoms with Crippen molar-refractivity contribution in [3.05, 3.63) is 104 Å². The molecule has 152 valence electrons. The molecule has 0 spiro atoms. The first kappa shape index (κ1) is 19.3. The summed E-state index contributed by atoms with van der Waals surface area (Å²) in [5.41, 5.74) is 0.838. The summed E-state index contributed by atoms with van der Waals surface area (Å²) < 4.78 is 0. The van der Waals surface area contributed by atoms with Crippen LogP contribution in [0.5, 0.6) is 0 Å². The number of nitro benzene ring substituents is 2. The van der Waals surface area contributed by atoms with Gasteiger partial charge in [-0.2, -0.15) is 5.17 Å². The number of nitrogens with zero attached hydrogens (tertiary/aromatic N) is 5. The first-order chi connectivity index (χ1) is 14.5. The van der Waals surface area contributed by atoms with Gasteiger partial charge in [-0.3, -0.25) is 30.4 Å². The average Bonchev–Trinajstić information content (AvgIpc) is 3.00. The lowest BCUT2D eigenvalue weighted by Crippen LogP contribution is -2.46. The molecule has 1 N–H and O–H groups in total. The fourth-order valence-electron chi connectivity index (χ4n) is 3.41. The van der Waals surface area contributed by atoms with Crippen molar-refractivity contribution in [2.75, 3.05) is 10.2 Å². The molecule has 0 saturated carbocycles. The molecule has 1 aliphatic heterocycles. The van der Waals surface area contributed by atoms with Gasteiger partial charge in [-0.1, -0.05) is 60.7 Å². The van der Waals surface area contributed by atoms with Gasteiger partial charge in [0.1, 0.15) is 5.69 Å². The molecule has 1 aliphatic rings. The van der Waals surface area contributed by atoms with E-state index in [1.165, 1.54) is 5.12 Å². The van der Waals surface area contributed by atoms with Crippen LogP contribution >= 0.6 is 0 Å². The number of anilines is 2. The van der Waals surface area contributed by atoms with Crippen LogP contribution in [0.25, 0.3) is 0 Å². The van der Waals surface area contributed by atoms with E-state index >= 15 is 0 Å². The second kappa shape index (κ2) is 7.78. The molecule has 0 aliphatic carbocycles. The van der Waals surface area contributed by atoms with E-state index in [-0.39, 0.29) is 24.5 Å². The van der Waals surface area contributed by atoms with Crippen LogP contribution in [-0.4, -0.2) is 20.2 Å². The molecule has 0 saturated heterocycles. The molecule has 3 aromatic carbocycles. The summed E-state index contributed by atoms with van der Waals surface area (Å²) in [7, 11) is 0. The summed E-state index contributed by atoms with van der Waals surface area (Å²) >= 11 is 0. The number of non-ortho nitro benzene ring substituents is 1. The zero-order chi connectivity index (χ0) is 21.3. The third-order valence-electron chi connectivity index (χ3n) is 4.77. The molecule has 3 aromatic rings. The highest BCUT2D eigenvalue weighted by atomic mass is 16.6. The fourth-order valence-corrected chi connectivity index (χ4v) is 3.41. The Balaban J connectivity index is 1.84. The predicted octanol–water partition coefficient (Wildman–Crippen LogP) is 4.05. The molecule has 0 unspecified atom stereocenters. The molecule has 4 rings (SSSR count). The van der Waals surface area contributed by atoms with E-state index in [9.17, 15) is 25.4 Å². The Morgan fingerprint density at radius 1 is 0.800 bits per heavy atom. The second-order valence-corrected chi connectivity index (χ2v) is 6.70. The van der Waals surface area contributed by atoms with E-state index in [2.05, 4.69) is 0 Å². The van der Waals surface area contributed by atoms with Crippen LogP contribution < -0.4 is 10.2 Å². The number of hydrogen-bond acceptors (Lipinski definition) is 8. The van der Waals surface area contributed by atoms with Crippen molar-refractivity contribution >= 4 is 22.7 Å². The Labute approximate surface area is 171 Å². The molecule has 30 heavy (non-hydrogen) atoms. The molecule has 0 atom stereocenters. The van der Waals surface area contributed by atoms with Gasteiger partial charge < -0.3 is 0 Å². The van der Waals surface area contributed by atoms with Gasteiger partial charge in [-0.05, 0) is 11.1 Å². The number of benzene rings is 3. The third kappa shape index (κ3) is 3.52. The Kier molecular flexibility index (Phi) is 5.00. The minimum Gasteiger partial charge on any atom is -0.273 e. The molecule has 0 amide bonds. The summed E-state index contributed by atoms with van der Waals surface area (Å²) in [4.78, 5) is 21.6. The van der Waals surface area contributed by atoms with Crippen LogP contribution in [-0.2, 0) is 13.1 Å². The van der Waals surface area contributed by atoms with Gasteiger partial charge >= 0.3 is 5.69 Å². The first-order valence-electron chi connectivity index (χ1n) is 9.04. The summed E-state index contributed by atoms with van der Waals surface area (Å²) in [6.45, 7) is 0.417. The number of hydrazine groups is 2. The zero-order valence-corrected chi connectivity index (χ0v) is 15.7. The molecule has 1 heterocycles. The lowest BCUT2D eigenvalue weighted by Gasteiger charge is -2.32. The zero-order valence-electron chi connectivity index (χ0n) is 15.7. The highest BCUT2D eigenvalue weighted by Gasteiger charge is 2.41. The number of nitro groups is 2. The molecule has 0 fully saturated rings. The first-order valence-corrected chi connectivity index (χ1v) is 9.04. The Bertz CT molecular complexity index is 1090. The van der Waals surface area contributed by atoms with Gasteiger partial charge in [0.2, 0.25) is 0 Å². The van der Waals surface area contributed by atoms with Crippen molar-refractivity contribution < 1.29 is 15.1 Å². The van der Waals surface area contributed by atoms with Crippen LogP contribution in [0.15, 0.2) is 72.8 Å². The molecule has 0 aromatic heterocycles. The Morgan fingerprint density at radius 3 is 1.90 bits per heavy atom. The highest BCUT2D eigenvalue weighted by Crippen LogP contribution is 2.47. The highest BCUT2D eigenvalue weighted by molar-refractivity contribution is 5.84. The smallest absolute Gasteiger partial charge is 0.273 e. The summed E-state index contributed by atoms with van der Waals surface area (Å²) in [5.74, 6) is 0. The minimum absolute atomic E-state index is 0.0252. The predicted molar refractivity (Wildman–Crippen MR) is 109 cm³/mol. The maximum absolute atomic E-state index is 11.7. The molecular formula is C20H17N5O5. The number of fused-ring (bicyclic) bond motifs is 1. The van der Waals surface area contributed by atoms with Crippen molar-refractivity contribution in [1.29, 1.82) is 0 Å². The maximum Gasteiger partial charge on any atom is 0.303 e. The topological polar surface area (TPSA) is 116 Å². The number of rotatable bonds is 6. The summed E-state index contributed by atoms with van der Waals surface area (Å²) in [6.07, 6.45) is 0. The summed E-state index contributed by atoms with van der Waals surface area (Å²) in [6, 6.07) is 20.6. The quantitative estimate of drug-likeness (QED) is 0.480. The van der Waals surface area contributed by atoms with E-state index in [0.717, 1.165) is 28.4 Å². The number of hydrogen-bond donors (Lipinski definition) is 1. The second-order valence-electron chi connectivity index (χ2n) is 6.70. The van der Waals surface area contributed by atoms with E-state index in [1.807, 2.05) is 60.7 Å². The Morgan fingerprint density at radius 2 is 1.37 bits per heavy atom. The normalized spacial score (nSPS) is 13.4. The van der Waals surface area contributed by atoms with Gasteiger partial charge in [0.05, 0.1) is 29.0 Å². The third-order valence-corrected chi connectivity index (χ3v) is 4.77. The van der Waals surface area contributed by atoms with Crippen molar-refractivity contribution in [1.82, 2.24) is 5.12 Å². The van der Waals surface area contributed by atoms with E-state index in [4.69, 9.17) is 0 Å². The largest absolute Gasteiger partial charge is 0.303 e. The van der Waals surface area contributed by atoms with Crippen LogP contribution in [0.3, 0.4) is 0 Å². The standard InChI is InChI=1S/C20H17N5O5/c26-23-18-11-17(24(27)28)12-19(25(29)30)20(18)21(13-15-7-3-1-4-8-15)22(23)14-16-9-5-2-6-10-16/h1-12,26H,13-14H2. The van der Waals surface area contributed by atoms with Gasteiger partial charge in [0.25, 0.3) is 5.69 Å². The van der Waals surface area contributed by atoms with Gasteiger partial charge in [0, 0.05) is 6.07 Å². The van der Waals surface area contributed by atoms with Crippen LogP contribution in [0.1, 0.15) is 11.1 Å². The van der Waals surface area contributed by atoms with Gasteiger partial charge in [0.15, 0.2) is 5.69 Å². The molecule has 0 bridgehead atoms. The maximum atomic E-state index is 11.7. The SMILES string of the molecule is O=[N+]([O-])c1cc2c(c([N+](=O)[O-])c1)N(Cc1ccccc1)N(Cc1ccccc1)N2O. The molecular weight excluding hydrogens is 390 g/mol. The van der Waals surface area contributed by atoms with Gasteiger partial charge in [-0.25, -0.2) is 0 Å². The van der Waals surface area contributed by atoms with Crippen molar-refractivity contribution in [3.8, 4) is 0 Å². The monoisotopic (exact) mass is 407 g/mol. The average molecular weight is 407 g/mol. The summed E-state index contributed by atoms with van der Waals surface area (Å²) in [5, 5.41) is 37.6. The van der Waals surface area contributed by atoms with Crippen LogP contribution in [0.4, 0.5) is 22.7 Å². The van der Waals surface area contributed by atoms with Gasteiger partial charge in [-0.15, -0.1) is 5.12 Å². The van der Waals surface area contributed by atoms with Crippen molar-refractivity contribution in [3.63, 3.8) is 0 Å². The van der Waals surface area contributed by atoms with E-state index < -0.39 is 21.2 Å². The van der Waals surface area contributed by atoms with Crippen LogP contribution in [0.2, 0.25) is 0 Å². The Hall–Kier alpha value is -4.02. The fraction of sp³-hybridized carbons (Fsp3) is 0.100. The van der Waals surface area contributed by atoms with Crippen molar-refractivity contribution in [2.24, 2.45) is 0 Å². The minimum atomic E-state index is -0.720. The lowest BCUT2D eigenvalue weighted by atomic mass is 10.1. The van der Waals surface area contributed by atoms with E-state index in [0.29, 0.717) is 0 Å². The molecule has 10 nitrogen and oxygen atoms in total. The van der Waals surface area contributed by atoms with E-state index in [1.54, 1.807) is 5.01 Å².